The van der Waals surface area contributed by atoms with E-state index in [1.54, 1.807) is 12.4 Å². The van der Waals surface area contributed by atoms with Crippen molar-refractivity contribution in [2.45, 2.75) is 17.7 Å². The fourth-order valence-electron chi connectivity index (χ4n) is 3.56. The zero-order chi connectivity index (χ0) is 21.0. The highest BCUT2D eigenvalue weighted by molar-refractivity contribution is 6.34. The summed E-state index contributed by atoms with van der Waals surface area (Å²) in [5, 5.41) is 12.3. The summed E-state index contributed by atoms with van der Waals surface area (Å²) in [5.41, 5.74) is 7.03. The van der Waals surface area contributed by atoms with Crippen LogP contribution < -0.4 is 26.6 Å². The molecule has 2 fully saturated rings. The number of alkyl halides is 1. The van der Waals surface area contributed by atoms with Crippen LogP contribution >= 0.6 is 23.2 Å². The van der Waals surface area contributed by atoms with Gasteiger partial charge in [-0.25, -0.2) is 0 Å². The van der Waals surface area contributed by atoms with Crippen LogP contribution in [0.1, 0.15) is 0 Å². The van der Waals surface area contributed by atoms with E-state index in [0.717, 1.165) is 26.2 Å². The van der Waals surface area contributed by atoms with Crippen molar-refractivity contribution in [1.29, 1.82) is 0 Å². The van der Waals surface area contributed by atoms with Gasteiger partial charge < -0.3 is 20.9 Å². The first-order chi connectivity index (χ1) is 13.9. The number of aromatic nitrogens is 1. The molecule has 0 aliphatic carbocycles. The van der Waals surface area contributed by atoms with Crippen molar-refractivity contribution in [3.8, 4) is 0 Å². The van der Waals surface area contributed by atoms with Crippen LogP contribution in [0.3, 0.4) is 0 Å². The van der Waals surface area contributed by atoms with E-state index in [-0.39, 0.29) is 5.38 Å². The van der Waals surface area contributed by atoms with Crippen molar-refractivity contribution in [3.63, 3.8) is 0 Å². The van der Waals surface area contributed by atoms with Gasteiger partial charge in [-0.15, -0.1) is 16.5 Å². The molecule has 1 aromatic heterocycles. The number of piperazine rings is 1. The zero-order valence-corrected chi connectivity index (χ0v) is 17.7. The summed E-state index contributed by atoms with van der Waals surface area (Å²) >= 11 is 12.5. The highest BCUT2D eigenvalue weighted by Gasteiger charge is 2.37. The number of rotatable bonds is 6. The molecule has 2 atom stereocenters. The fourth-order valence-corrected chi connectivity index (χ4v) is 4.02. The van der Waals surface area contributed by atoms with Crippen LogP contribution in [0.4, 0.5) is 11.4 Å². The average molecular weight is 445 g/mol. The Hall–Kier alpha value is -1.56. The number of anilines is 2. The largest absolute Gasteiger partial charge is 0.366 e. The third-order valence-electron chi connectivity index (χ3n) is 5.22. The number of nitrogens with two attached hydrogens (primary N) is 1. The molecule has 2 aliphatic rings. The Bertz CT molecular complexity index is 723. The minimum atomic E-state index is -1.23. The van der Waals surface area contributed by atoms with Crippen LogP contribution in [-0.4, -0.2) is 79.8 Å². The molecule has 1 aromatic rings. The number of carbonyl (C=O) groups excluding carboxylic acids is 1. The van der Waals surface area contributed by atoms with Crippen LogP contribution in [0.15, 0.2) is 17.6 Å². The standard InChI is InChI=1S/C17H26Cl2N8O2/c1-26-2-4-27(5-3-26)14-11(19)8-21-9-12(14)24-17(28)13(15(20)25-29)16-22-6-10(18)7-23-16/h8-10,13,15-16,22-23H,2-7,20H2,1H3,(H,24,28). The van der Waals surface area contributed by atoms with E-state index in [1.807, 2.05) is 0 Å². The van der Waals surface area contributed by atoms with Crippen LogP contribution in [0, 0.1) is 10.8 Å². The Balaban J connectivity index is 1.81. The molecule has 0 aromatic carbocycles. The molecule has 0 radical (unpaired) electrons. The monoisotopic (exact) mass is 444 g/mol. The molecule has 2 unspecified atom stereocenters. The third-order valence-corrected chi connectivity index (χ3v) is 5.81. The predicted molar refractivity (Wildman–Crippen MR) is 114 cm³/mol. The molecule has 160 valence electrons. The highest BCUT2D eigenvalue weighted by atomic mass is 35.5. The summed E-state index contributed by atoms with van der Waals surface area (Å²) in [6, 6.07) is 0. The van der Waals surface area contributed by atoms with E-state index >= 15 is 0 Å². The van der Waals surface area contributed by atoms with Crippen molar-refractivity contribution in [2.75, 3.05) is 56.5 Å². The quantitative estimate of drug-likeness (QED) is 0.362. The zero-order valence-electron chi connectivity index (χ0n) is 16.1. The third kappa shape index (κ3) is 5.33. The van der Waals surface area contributed by atoms with Crippen LogP contribution in [0.2, 0.25) is 5.02 Å². The Morgan fingerprint density at radius 2 is 1.97 bits per heavy atom. The number of likely N-dealkylation sites (N-methyl/N-ethyl adjacent to an activating group) is 1. The van der Waals surface area contributed by atoms with E-state index in [4.69, 9.17) is 28.9 Å². The minimum Gasteiger partial charge on any atom is -0.366 e. The summed E-state index contributed by atoms with van der Waals surface area (Å²) in [6.45, 7) is 4.27. The normalized spacial score (nSPS) is 25.3. The van der Waals surface area contributed by atoms with Gasteiger partial charge in [-0.05, 0) is 7.05 Å². The number of nitrogens with zero attached hydrogens (tertiary/aromatic N) is 4. The minimum absolute atomic E-state index is 0.114. The average Bonchev–Trinajstić information content (AvgIpc) is 2.70. The van der Waals surface area contributed by atoms with Gasteiger partial charge in [-0.1, -0.05) is 16.8 Å². The maximum absolute atomic E-state index is 13.1. The van der Waals surface area contributed by atoms with Gasteiger partial charge in [-0.2, -0.15) is 0 Å². The Morgan fingerprint density at radius 1 is 1.31 bits per heavy atom. The van der Waals surface area contributed by atoms with Crippen LogP contribution in [0.25, 0.3) is 0 Å². The number of carbonyl (C=O) groups is 1. The molecule has 2 saturated heterocycles. The molecule has 10 nitrogen and oxygen atoms in total. The molecule has 3 heterocycles. The molecule has 0 saturated carbocycles. The molecule has 2 aliphatic heterocycles. The lowest BCUT2D eigenvalue weighted by atomic mass is 9.99. The molecule has 3 rings (SSSR count). The summed E-state index contributed by atoms with van der Waals surface area (Å²) in [4.78, 5) is 32.7. The molecular weight excluding hydrogens is 419 g/mol. The molecule has 0 bridgehead atoms. The van der Waals surface area contributed by atoms with Crippen LogP contribution in [0.5, 0.6) is 0 Å². The summed E-state index contributed by atoms with van der Waals surface area (Å²) in [7, 11) is 2.06. The number of amides is 1. The van der Waals surface area contributed by atoms with E-state index in [2.05, 4.69) is 43.0 Å². The molecule has 29 heavy (non-hydrogen) atoms. The first kappa shape index (κ1) is 22.1. The maximum atomic E-state index is 13.1. The van der Waals surface area contributed by atoms with Crippen LogP contribution in [-0.2, 0) is 4.79 Å². The van der Waals surface area contributed by atoms with Crippen molar-refractivity contribution in [3.05, 3.63) is 22.3 Å². The van der Waals surface area contributed by atoms with Crippen molar-refractivity contribution in [1.82, 2.24) is 20.5 Å². The fraction of sp³-hybridized carbons (Fsp3) is 0.647. The Morgan fingerprint density at radius 3 is 2.59 bits per heavy atom. The van der Waals surface area contributed by atoms with Gasteiger partial charge in [-0.3, -0.25) is 20.4 Å². The lowest BCUT2D eigenvalue weighted by Gasteiger charge is -2.36. The summed E-state index contributed by atoms with van der Waals surface area (Å²) in [6.07, 6.45) is 1.33. The lowest BCUT2D eigenvalue weighted by molar-refractivity contribution is -0.121. The number of nitroso groups, excluding NO2 is 1. The summed E-state index contributed by atoms with van der Waals surface area (Å²) < 4.78 is 0. The van der Waals surface area contributed by atoms with Gasteiger partial charge in [0.15, 0.2) is 6.17 Å². The second kappa shape index (κ2) is 9.96. The predicted octanol–water partition coefficient (Wildman–Crippen LogP) is 0.219. The highest BCUT2D eigenvalue weighted by Crippen LogP contribution is 2.34. The van der Waals surface area contributed by atoms with Gasteiger partial charge in [0.2, 0.25) is 5.91 Å². The van der Waals surface area contributed by atoms with E-state index in [9.17, 15) is 9.70 Å². The number of hydrogen-bond acceptors (Lipinski definition) is 9. The second-order valence-electron chi connectivity index (χ2n) is 7.31. The smallest absolute Gasteiger partial charge is 0.234 e. The number of hydrogen-bond donors (Lipinski definition) is 4. The Labute approximate surface area is 179 Å². The first-order valence-corrected chi connectivity index (χ1v) is 10.3. The van der Waals surface area contributed by atoms with Gasteiger partial charge in [0.05, 0.1) is 34.1 Å². The van der Waals surface area contributed by atoms with Crippen molar-refractivity contribution in [2.24, 2.45) is 16.8 Å². The lowest BCUT2D eigenvalue weighted by Crippen LogP contribution is -2.62. The number of halogens is 2. The van der Waals surface area contributed by atoms with Gasteiger partial charge in [0, 0.05) is 45.5 Å². The molecule has 1 amide bonds. The topological polar surface area (TPSA) is 128 Å². The van der Waals surface area contributed by atoms with Crippen molar-refractivity contribution >= 4 is 40.5 Å². The first-order valence-electron chi connectivity index (χ1n) is 9.47. The Kier molecular flexibility index (Phi) is 7.60. The second-order valence-corrected chi connectivity index (χ2v) is 8.33. The summed E-state index contributed by atoms with van der Waals surface area (Å²) in [5.74, 6) is -1.38. The van der Waals surface area contributed by atoms with E-state index in [0.29, 0.717) is 29.5 Å². The van der Waals surface area contributed by atoms with E-state index < -0.39 is 24.2 Å². The molecule has 0 spiro atoms. The molecule has 5 N–H and O–H groups in total. The SMILES string of the molecule is CN1CCN(c2c(Cl)cncc2NC(=O)C(C(N)N=O)C2NCC(Cl)CN2)CC1. The van der Waals surface area contributed by atoms with Gasteiger partial charge in [0.25, 0.3) is 0 Å². The van der Waals surface area contributed by atoms with Gasteiger partial charge in [0.1, 0.15) is 5.92 Å². The number of pyridine rings is 1. The number of nitrogens with one attached hydrogen (secondary N) is 3. The van der Waals surface area contributed by atoms with Gasteiger partial charge >= 0.3 is 0 Å². The maximum Gasteiger partial charge on any atom is 0.234 e. The van der Waals surface area contributed by atoms with Crippen molar-refractivity contribution < 1.29 is 4.79 Å². The molecule has 12 heteroatoms. The van der Waals surface area contributed by atoms with E-state index in [1.165, 1.54) is 0 Å². The molecular formula is C17H26Cl2N8O2.